The summed E-state index contributed by atoms with van der Waals surface area (Å²) in [5.74, 6) is -0.197. The Morgan fingerprint density at radius 1 is 1.30 bits per heavy atom. The third-order valence-electron chi connectivity index (χ3n) is 4.13. The van der Waals surface area contributed by atoms with Crippen molar-refractivity contribution in [2.45, 2.75) is 24.3 Å². The highest BCUT2D eigenvalue weighted by molar-refractivity contribution is 7.89. The maximum atomic E-state index is 13.2. The molecule has 5 nitrogen and oxygen atoms in total. The average molecular weight is 358 g/mol. The molecule has 1 aromatic carbocycles. The van der Waals surface area contributed by atoms with Crippen molar-refractivity contribution >= 4 is 21.6 Å². The molecule has 0 amide bonds. The summed E-state index contributed by atoms with van der Waals surface area (Å²) in [4.78, 5) is 4.05. The molecule has 124 valence electrons. The fourth-order valence-electron chi connectivity index (χ4n) is 2.81. The highest BCUT2D eigenvalue weighted by Gasteiger charge is 2.29. The molecule has 1 aromatic heterocycles. The van der Waals surface area contributed by atoms with Crippen LogP contribution in [0, 0.1) is 11.7 Å². The average Bonchev–Trinajstić information content (AvgIpc) is 3.03. The summed E-state index contributed by atoms with van der Waals surface area (Å²) in [5.41, 5.74) is 0. The van der Waals surface area contributed by atoms with Crippen LogP contribution < -0.4 is 0 Å². The van der Waals surface area contributed by atoms with Gasteiger partial charge < -0.3 is 4.57 Å². The highest BCUT2D eigenvalue weighted by atomic mass is 35.5. The number of hydrogen-bond donors (Lipinski definition) is 0. The van der Waals surface area contributed by atoms with E-state index < -0.39 is 15.8 Å². The fourth-order valence-corrected chi connectivity index (χ4v) is 4.55. The van der Waals surface area contributed by atoms with E-state index in [1.807, 2.05) is 10.8 Å². The van der Waals surface area contributed by atoms with E-state index in [2.05, 4.69) is 4.98 Å². The second kappa shape index (κ2) is 6.59. The van der Waals surface area contributed by atoms with Gasteiger partial charge in [0.05, 0.1) is 16.2 Å². The zero-order valence-electron chi connectivity index (χ0n) is 12.4. The molecule has 3 rings (SSSR count). The Hall–Kier alpha value is -1.44. The number of hydrogen-bond acceptors (Lipinski definition) is 3. The van der Waals surface area contributed by atoms with Gasteiger partial charge in [0.1, 0.15) is 5.82 Å². The van der Waals surface area contributed by atoms with Gasteiger partial charge in [0, 0.05) is 32.0 Å². The quantitative estimate of drug-likeness (QED) is 0.845. The molecule has 1 fully saturated rings. The number of imidazole rings is 1. The van der Waals surface area contributed by atoms with Crippen LogP contribution in [0.1, 0.15) is 12.8 Å². The molecule has 0 spiro atoms. The number of aromatic nitrogens is 2. The first-order valence-corrected chi connectivity index (χ1v) is 9.19. The fraction of sp³-hybridized carbons (Fsp3) is 0.400. The van der Waals surface area contributed by atoms with E-state index in [4.69, 9.17) is 11.6 Å². The van der Waals surface area contributed by atoms with Crippen molar-refractivity contribution in [3.63, 3.8) is 0 Å². The molecule has 0 saturated carbocycles. The van der Waals surface area contributed by atoms with Gasteiger partial charge in [-0.05, 0) is 37.0 Å². The zero-order chi connectivity index (χ0) is 16.4. The number of sulfonamides is 1. The smallest absolute Gasteiger partial charge is 0.243 e. The van der Waals surface area contributed by atoms with Crippen LogP contribution in [0.2, 0.25) is 5.02 Å². The van der Waals surface area contributed by atoms with E-state index in [-0.39, 0.29) is 9.92 Å². The Morgan fingerprint density at radius 3 is 2.65 bits per heavy atom. The lowest BCUT2D eigenvalue weighted by molar-refractivity contribution is 0.253. The van der Waals surface area contributed by atoms with Crippen molar-refractivity contribution < 1.29 is 12.8 Å². The molecule has 23 heavy (non-hydrogen) atoms. The van der Waals surface area contributed by atoms with Gasteiger partial charge in [0.2, 0.25) is 10.0 Å². The Morgan fingerprint density at radius 2 is 2.04 bits per heavy atom. The Balaban J connectivity index is 1.67. The minimum Gasteiger partial charge on any atom is -0.337 e. The van der Waals surface area contributed by atoms with E-state index in [0.717, 1.165) is 25.5 Å². The molecule has 2 aromatic rings. The summed E-state index contributed by atoms with van der Waals surface area (Å²) >= 11 is 5.69. The number of halogens is 2. The van der Waals surface area contributed by atoms with Crippen LogP contribution in [-0.4, -0.2) is 35.4 Å². The minimum absolute atomic E-state index is 0.0389. The molecule has 0 aliphatic carbocycles. The molecule has 0 atom stereocenters. The normalized spacial score (nSPS) is 17.5. The van der Waals surface area contributed by atoms with Crippen LogP contribution >= 0.6 is 11.6 Å². The largest absolute Gasteiger partial charge is 0.337 e. The lowest BCUT2D eigenvalue weighted by Gasteiger charge is -2.31. The number of rotatable bonds is 4. The van der Waals surface area contributed by atoms with Gasteiger partial charge in [-0.15, -0.1) is 0 Å². The molecule has 0 radical (unpaired) electrons. The van der Waals surface area contributed by atoms with Crippen LogP contribution in [0.15, 0.2) is 41.8 Å². The second-order valence-corrected chi connectivity index (χ2v) is 8.03. The SMILES string of the molecule is O=S(=O)(c1ccc(F)c(Cl)c1)N1CCC(Cn2ccnc2)CC1. The molecular weight excluding hydrogens is 341 g/mol. The van der Waals surface area contributed by atoms with Crippen molar-refractivity contribution in [2.75, 3.05) is 13.1 Å². The standard InChI is InChI=1S/C15H17ClFN3O2S/c16-14-9-13(1-2-15(14)17)23(21,22)20-6-3-12(4-7-20)10-19-8-5-18-11-19/h1-2,5,8-9,11-12H,3-4,6-7,10H2. The Bertz CT molecular complexity index is 772. The first-order valence-electron chi connectivity index (χ1n) is 7.38. The molecule has 0 bridgehead atoms. The van der Waals surface area contributed by atoms with Gasteiger partial charge in [-0.25, -0.2) is 17.8 Å². The molecule has 1 aliphatic rings. The molecular formula is C15H17ClFN3O2S. The number of nitrogens with zero attached hydrogens (tertiary/aromatic N) is 3. The third-order valence-corrected chi connectivity index (χ3v) is 6.31. The first kappa shape index (κ1) is 16.4. The summed E-state index contributed by atoms with van der Waals surface area (Å²) in [7, 11) is -3.62. The molecule has 0 unspecified atom stereocenters. The molecule has 1 aliphatic heterocycles. The van der Waals surface area contributed by atoms with Gasteiger partial charge in [0.15, 0.2) is 0 Å². The Labute approximate surface area is 139 Å². The first-order chi connectivity index (χ1) is 11.0. The summed E-state index contributed by atoms with van der Waals surface area (Å²) in [5, 5.41) is -0.180. The van der Waals surface area contributed by atoms with Crippen LogP contribution in [0.5, 0.6) is 0 Å². The van der Waals surface area contributed by atoms with E-state index in [9.17, 15) is 12.8 Å². The predicted octanol–water partition coefficient (Wildman–Crippen LogP) is 2.78. The molecule has 1 saturated heterocycles. The third kappa shape index (κ3) is 3.57. The zero-order valence-corrected chi connectivity index (χ0v) is 14.0. The topological polar surface area (TPSA) is 55.2 Å². The van der Waals surface area contributed by atoms with Gasteiger partial charge in [-0.2, -0.15) is 4.31 Å². The monoisotopic (exact) mass is 357 g/mol. The maximum absolute atomic E-state index is 13.2. The van der Waals surface area contributed by atoms with Crippen LogP contribution in [0.25, 0.3) is 0 Å². The van der Waals surface area contributed by atoms with Crippen molar-refractivity contribution in [1.82, 2.24) is 13.9 Å². The molecule has 2 heterocycles. The van der Waals surface area contributed by atoms with Crippen LogP contribution in [0.4, 0.5) is 4.39 Å². The number of benzene rings is 1. The lowest BCUT2D eigenvalue weighted by Crippen LogP contribution is -2.39. The molecule has 8 heteroatoms. The number of piperidine rings is 1. The summed E-state index contributed by atoms with van der Waals surface area (Å²) in [6.45, 7) is 1.75. The minimum atomic E-state index is -3.62. The van der Waals surface area contributed by atoms with Gasteiger partial charge in [-0.1, -0.05) is 11.6 Å². The van der Waals surface area contributed by atoms with Gasteiger partial charge in [-0.3, -0.25) is 0 Å². The van der Waals surface area contributed by atoms with Crippen molar-refractivity contribution in [3.8, 4) is 0 Å². The summed E-state index contributed by atoms with van der Waals surface area (Å²) < 4.78 is 41.9. The van der Waals surface area contributed by atoms with Crippen molar-refractivity contribution in [3.05, 3.63) is 47.8 Å². The van der Waals surface area contributed by atoms with E-state index >= 15 is 0 Å². The lowest BCUT2D eigenvalue weighted by atomic mass is 9.98. The van der Waals surface area contributed by atoms with Gasteiger partial charge in [0.25, 0.3) is 0 Å². The van der Waals surface area contributed by atoms with Crippen LogP contribution in [0.3, 0.4) is 0 Å². The summed E-state index contributed by atoms with van der Waals surface area (Å²) in [6.07, 6.45) is 6.98. The van der Waals surface area contributed by atoms with E-state index in [1.165, 1.54) is 16.4 Å². The van der Waals surface area contributed by atoms with Gasteiger partial charge >= 0.3 is 0 Å². The summed E-state index contributed by atoms with van der Waals surface area (Å²) in [6, 6.07) is 3.51. The predicted molar refractivity (Wildman–Crippen MR) is 85.1 cm³/mol. The Kier molecular flexibility index (Phi) is 4.70. The van der Waals surface area contributed by atoms with Crippen molar-refractivity contribution in [1.29, 1.82) is 0 Å². The van der Waals surface area contributed by atoms with E-state index in [1.54, 1.807) is 12.5 Å². The van der Waals surface area contributed by atoms with Crippen LogP contribution in [-0.2, 0) is 16.6 Å². The maximum Gasteiger partial charge on any atom is 0.243 e. The van der Waals surface area contributed by atoms with Crippen molar-refractivity contribution in [2.24, 2.45) is 5.92 Å². The van der Waals surface area contributed by atoms with E-state index in [0.29, 0.717) is 19.0 Å². The molecule has 0 N–H and O–H groups in total. The highest BCUT2D eigenvalue weighted by Crippen LogP contribution is 2.27. The second-order valence-electron chi connectivity index (χ2n) is 5.68.